The Bertz CT molecular complexity index is 867. The molecule has 0 unspecified atom stereocenters. The zero-order valence-electron chi connectivity index (χ0n) is 25.0. The Kier molecular flexibility index (Phi) is 24.0. The molecule has 0 aromatic carbocycles. The van der Waals surface area contributed by atoms with Crippen LogP contribution in [-0.4, -0.2) is 70.4 Å². The Morgan fingerprint density at radius 1 is 0.872 bits per heavy atom. The van der Waals surface area contributed by atoms with Crippen molar-refractivity contribution in [1.29, 1.82) is 0 Å². The van der Waals surface area contributed by atoms with E-state index in [1.54, 1.807) is 0 Å². The van der Waals surface area contributed by atoms with Gasteiger partial charge in [-0.2, -0.15) is 12.6 Å². The van der Waals surface area contributed by atoms with E-state index in [9.17, 15) is 14.4 Å². The zero-order chi connectivity index (χ0) is 30.4. The lowest BCUT2D eigenvalue weighted by Gasteiger charge is -2.14. The fraction of sp³-hybridized carbons (Fsp3) is 0.679. The van der Waals surface area contributed by atoms with Crippen LogP contribution in [-0.2, 0) is 38.0 Å². The van der Waals surface area contributed by atoms with Gasteiger partial charge in [-0.3, -0.25) is 9.59 Å². The Morgan fingerprint density at radius 2 is 1.38 bits per heavy atom. The summed E-state index contributed by atoms with van der Waals surface area (Å²) in [6.45, 7) is 17.5. The summed E-state index contributed by atoms with van der Waals surface area (Å²) in [5.41, 5.74) is 0.983. The van der Waals surface area contributed by atoms with E-state index in [4.69, 9.17) is 23.7 Å². The quantitative estimate of drug-likeness (QED) is 0.106. The van der Waals surface area contributed by atoms with Crippen molar-refractivity contribution in [2.45, 2.75) is 73.9 Å². The molecule has 1 heterocycles. The summed E-state index contributed by atoms with van der Waals surface area (Å²) in [5.74, 6) is 4.84. The van der Waals surface area contributed by atoms with Crippen LogP contribution in [0.15, 0.2) is 6.07 Å². The van der Waals surface area contributed by atoms with E-state index < -0.39 is 12.6 Å². The smallest absolute Gasteiger partial charge is 0.348 e. The second-order valence-electron chi connectivity index (χ2n) is 8.09. The van der Waals surface area contributed by atoms with Gasteiger partial charge in [0.05, 0.1) is 24.8 Å². The first-order valence-corrected chi connectivity index (χ1v) is 14.3. The molecule has 0 aliphatic heterocycles. The van der Waals surface area contributed by atoms with Gasteiger partial charge in [0.1, 0.15) is 4.88 Å². The molecule has 1 aromatic heterocycles. The van der Waals surface area contributed by atoms with Crippen LogP contribution in [0.5, 0.6) is 0 Å². The summed E-state index contributed by atoms with van der Waals surface area (Å²) in [6.07, 6.45) is -0.983. The van der Waals surface area contributed by atoms with Crippen molar-refractivity contribution in [1.82, 2.24) is 0 Å². The van der Waals surface area contributed by atoms with E-state index in [1.165, 1.54) is 25.6 Å². The van der Waals surface area contributed by atoms with Gasteiger partial charge >= 0.3 is 11.9 Å². The molecule has 0 aliphatic rings. The number of thiophene rings is 1. The molecular formula is C28H46O9S2. The summed E-state index contributed by atoms with van der Waals surface area (Å²) in [7, 11) is 2.73. The number of carbonyl (C=O) groups is 3. The van der Waals surface area contributed by atoms with E-state index in [1.807, 2.05) is 47.6 Å². The molecule has 0 radical (unpaired) electrons. The maximum atomic E-state index is 11.8. The molecule has 0 bridgehead atoms. The van der Waals surface area contributed by atoms with Crippen LogP contribution in [0, 0.1) is 17.8 Å². The molecule has 1 aromatic rings. The second kappa shape index (κ2) is 23.9. The van der Waals surface area contributed by atoms with Crippen LogP contribution in [0.4, 0.5) is 0 Å². The van der Waals surface area contributed by atoms with Gasteiger partial charge in [-0.05, 0) is 57.1 Å². The molecule has 0 atom stereocenters. The van der Waals surface area contributed by atoms with Crippen molar-refractivity contribution >= 4 is 41.7 Å². The van der Waals surface area contributed by atoms with Crippen molar-refractivity contribution in [3.63, 3.8) is 0 Å². The van der Waals surface area contributed by atoms with Gasteiger partial charge < -0.3 is 28.4 Å². The van der Waals surface area contributed by atoms with Gasteiger partial charge in [0.15, 0.2) is 6.29 Å². The summed E-state index contributed by atoms with van der Waals surface area (Å²) >= 11 is 5.01. The SMILES string of the molecule is CCOC(C#CC(=O)C(C)C)OCC.CCOC(OCC)c1cc(C(C)C)c(C(=O)OC)s1.COC(=O)CS. The standard InChI is InChI=1S/C14H22O4S.C11H18O3.C3H6O2S/c1-6-17-14(18-7-2)11-8-10(9(3)4)12(19-11)13(15)16-5;1-5-13-11(14-6-2)8-7-10(12)9(3)4;1-5-3(4)2-6/h8-9,14H,6-7H2,1-5H3;9,11H,5-6H2,1-4H3;6H,2H2,1H3. The third kappa shape index (κ3) is 17.4. The molecule has 39 heavy (non-hydrogen) atoms. The fourth-order valence-corrected chi connectivity index (χ4v) is 3.87. The molecule has 0 saturated carbocycles. The third-order valence-corrected chi connectivity index (χ3v) is 5.88. The number of rotatable bonds is 13. The molecule has 224 valence electrons. The summed E-state index contributed by atoms with van der Waals surface area (Å²) < 4.78 is 30.5. The predicted molar refractivity (Wildman–Crippen MR) is 156 cm³/mol. The number of hydrogen-bond donors (Lipinski definition) is 1. The van der Waals surface area contributed by atoms with E-state index in [0.717, 1.165) is 10.4 Å². The van der Waals surface area contributed by atoms with Gasteiger partial charge in [-0.1, -0.05) is 27.7 Å². The monoisotopic (exact) mass is 590 g/mol. The molecule has 0 amide bonds. The number of thiol groups is 1. The van der Waals surface area contributed by atoms with E-state index >= 15 is 0 Å². The van der Waals surface area contributed by atoms with Gasteiger partial charge in [0.25, 0.3) is 0 Å². The van der Waals surface area contributed by atoms with Gasteiger partial charge in [-0.15, -0.1) is 11.3 Å². The Balaban J connectivity index is 0. The van der Waals surface area contributed by atoms with Crippen LogP contribution in [0.1, 0.15) is 87.7 Å². The summed E-state index contributed by atoms with van der Waals surface area (Å²) in [6, 6.07) is 1.98. The minimum absolute atomic E-state index is 0.0635. The lowest BCUT2D eigenvalue weighted by molar-refractivity contribution is -0.138. The number of esters is 2. The highest BCUT2D eigenvalue weighted by atomic mass is 32.1. The lowest BCUT2D eigenvalue weighted by atomic mass is 10.0. The van der Waals surface area contributed by atoms with Gasteiger partial charge in [0.2, 0.25) is 12.1 Å². The summed E-state index contributed by atoms with van der Waals surface area (Å²) in [5, 5.41) is 0. The van der Waals surface area contributed by atoms with E-state index in [2.05, 4.69) is 43.1 Å². The first-order valence-electron chi connectivity index (χ1n) is 12.9. The van der Waals surface area contributed by atoms with Crippen LogP contribution in [0.25, 0.3) is 0 Å². The number of ether oxygens (including phenoxy) is 6. The highest BCUT2D eigenvalue weighted by Gasteiger charge is 2.23. The first-order chi connectivity index (χ1) is 18.5. The number of Topliss-reactive ketones (excluding diaryl/α,β-unsaturated/α-hetero) is 1. The Labute approximate surface area is 243 Å². The zero-order valence-corrected chi connectivity index (χ0v) is 26.7. The third-order valence-electron chi connectivity index (χ3n) is 4.47. The largest absolute Gasteiger partial charge is 0.468 e. The molecule has 0 saturated heterocycles. The molecule has 9 nitrogen and oxygen atoms in total. The first kappa shape index (κ1) is 39.2. The molecule has 1 rings (SSSR count). The normalized spacial score (nSPS) is 10.3. The molecule has 0 fully saturated rings. The van der Waals surface area contributed by atoms with Crippen LogP contribution in [0.2, 0.25) is 0 Å². The Morgan fingerprint density at radius 3 is 1.72 bits per heavy atom. The fourth-order valence-electron chi connectivity index (χ4n) is 2.51. The number of carbonyl (C=O) groups excluding carboxylic acids is 3. The lowest BCUT2D eigenvalue weighted by Crippen LogP contribution is -2.15. The highest BCUT2D eigenvalue weighted by Crippen LogP contribution is 2.34. The van der Waals surface area contributed by atoms with Gasteiger partial charge in [0, 0.05) is 32.3 Å². The second-order valence-corrected chi connectivity index (χ2v) is 9.49. The molecule has 0 N–H and O–H groups in total. The topological polar surface area (TPSA) is 107 Å². The average Bonchev–Trinajstić information content (AvgIpc) is 3.37. The molecular weight excluding hydrogens is 544 g/mol. The highest BCUT2D eigenvalue weighted by molar-refractivity contribution is 7.81. The predicted octanol–water partition coefficient (Wildman–Crippen LogP) is 5.43. The summed E-state index contributed by atoms with van der Waals surface area (Å²) in [4.78, 5) is 34.4. The average molecular weight is 591 g/mol. The van der Waals surface area contributed by atoms with Crippen molar-refractivity contribution in [3.05, 3.63) is 21.4 Å². The van der Waals surface area contributed by atoms with Crippen molar-refractivity contribution in [2.75, 3.05) is 46.4 Å². The number of hydrogen-bond acceptors (Lipinski definition) is 11. The van der Waals surface area contributed by atoms with Crippen LogP contribution < -0.4 is 0 Å². The van der Waals surface area contributed by atoms with E-state index in [-0.39, 0.29) is 35.3 Å². The maximum absolute atomic E-state index is 11.8. The maximum Gasteiger partial charge on any atom is 0.348 e. The number of ketones is 1. The van der Waals surface area contributed by atoms with Crippen molar-refractivity contribution < 1.29 is 42.8 Å². The van der Waals surface area contributed by atoms with Crippen molar-refractivity contribution in [2.24, 2.45) is 5.92 Å². The molecule has 11 heteroatoms. The van der Waals surface area contributed by atoms with Gasteiger partial charge in [-0.25, -0.2) is 4.79 Å². The van der Waals surface area contributed by atoms with Crippen LogP contribution in [0.3, 0.4) is 0 Å². The minimum Gasteiger partial charge on any atom is -0.468 e. The number of methoxy groups -OCH3 is 2. The van der Waals surface area contributed by atoms with Crippen LogP contribution >= 0.6 is 24.0 Å². The minimum atomic E-state index is -0.576. The van der Waals surface area contributed by atoms with E-state index in [0.29, 0.717) is 31.3 Å². The molecule has 0 spiro atoms. The molecule has 0 aliphatic carbocycles. The van der Waals surface area contributed by atoms with Crippen molar-refractivity contribution in [3.8, 4) is 11.8 Å². The Hall–Kier alpha value is -1.94.